The Kier molecular flexibility index (Phi) is 5.61. The van der Waals surface area contributed by atoms with E-state index in [9.17, 15) is 17.2 Å². The number of benzene rings is 2. The zero-order chi connectivity index (χ0) is 20.6. The smallest absolute Gasteiger partial charge is 0.194 e. The van der Waals surface area contributed by atoms with Gasteiger partial charge in [-0.2, -0.15) is 0 Å². The number of halogens is 4. The standard InChI is InChI=1S/C19H14Cl2F2N2O2S/c1-3-16-19(28(2,26)27)25-18(24-16)17(10-4-6-14(22)12(20)8-10)11-5-7-15(23)13(21)9-11/h3-9,17H,1H2,2H3,(H,24,25). The largest absolute Gasteiger partial charge is 0.341 e. The first-order valence-electron chi connectivity index (χ1n) is 7.94. The minimum Gasteiger partial charge on any atom is -0.341 e. The van der Waals surface area contributed by atoms with Gasteiger partial charge in [-0.05, 0) is 41.5 Å². The third-order valence-corrected chi connectivity index (χ3v) is 5.69. The average molecular weight is 443 g/mol. The number of hydrogen-bond acceptors (Lipinski definition) is 3. The summed E-state index contributed by atoms with van der Waals surface area (Å²) in [5, 5.41) is -0.409. The first-order valence-corrected chi connectivity index (χ1v) is 10.6. The van der Waals surface area contributed by atoms with Crippen LogP contribution in [-0.2, 0) is 9.84 Å². The molecule has 0 aliphatic rings. The van der Waals surface area contributed by atoms with Crippen LogP contribution in [-0.4, -0.2) is 24.6 Å². The van der Waals surface area contributed by atoms with Crippen molar-refractivity contribution in [1.82, 2.24) is 9.97 Å². The molecule has 146 valence electrons. The molecular formula is C19H14Cl2F2N2O2S. The lowest BCUT2D eigenvalue weighted by Crippen LogP contribution is -2.07. The fourth-order valence-electron chi connectivity index (χ4n) is 2.84. The SMILES string of the molecule is C=Cc1[nH]c(C(c2ccc(F)c(Cl)c2)c2ccc(F)c(Cl)c2)nc1S(C)(=O)=O. The third-order valence-electron chi connectivity index (χ3n) is 4.10. The molecule has 28 heavy (non-hydrogen) atoms. The highest BCUT2D eigenvalue weighted by molar-refractivity contribution is 7.90. The van der Waals surface area contributed by atoms with E-state index < -0.39 is 27.4 Å². The number of aromatic amines is 1. The van der Waals surface area contributed by atoms with Gasteiger partial charge in [0.25, 0.3) is 0 Å². The molecule has 0 fully saturated rings. The van der Waals surface area contributed by atoms with Crippen LogP contribution in [0.4, 0.5) is 8.78 Å². The monoisotopic (exact) mass is 442 g/mol. The van der Waals surface area contributed by atoms with E-state index in [1.54, 1.807) is 0 Å². The highest BCUT2D eigenvalue weighted by Gasteiger charge is 2.26. The molecule has 3 aromatic rings. The molecule has 1 heterocycles. The van der Waals surface area contributed by atoms with Gasteiger partial charge in [-0.15, -0.1) is 0 Å². The third kappa shape index (κ3) is 3.97. The number of hydrogen-bond donors (Lipinski definition) is 1. The van der Waals surface area contributed by atoms with Crippen LogP contribution in [0.25, 0.3) is 6.08 Å². The molecule has 0 aliphatic carbocycles. The maximum atomic E-state index is 13.6. The van der Waals surface area contributed by atoms with E-state index in [1.165, 1.54) is 42.5 Å². The molecule has 0 saturated heterocycles. The zero-order valence-electron chi connectivity index (χ0n) is 14.5. The molecule has 1 N–H and O–H groups in total. The Morgan fingerprint density at radius 3 is 1.93 bits per heavy atom. The van der Waals surface area contributed by atoms with E-state index in [-0.39, 0.29) is 26.6 Å². The van der Waals surface area contributed by atoms with Crippen LogP contribution >= 0.6 is 23.2 Å². The van der Waals surface area contributed by atoms with Gasteiger partial charge in [-0.1, -0.05) is 41.9 Å². The van der Waals surface area contributed by atoms with Gasteiger partial charge in [-0.25, -0.2) is 22.2 Å². The predicted molar refractivity (Wildman–Crippen MR) is 106 cm³/mol. The van der Waals surface area contributed by atoms with Crippen LogP contribution in [0, 0.1) is 11.6 Å². The van der Waals surface area contributed by atoms with Crippen molar-refractivity contribution in [2.75, 3.05) is 6.26 Å². The van der Waals surface area contributed by atoms with Crippen LogP contribution < -0.4 is 0 Å². The highest BCUT2D eigenvalue weighted by Crippen LogP contribution is 2.35. The Labute approximate surface area is 170 Å². The van der Waals surface area contributed by atoms with Crippen molar-refractivity contribution in [3.05, 3.63) is 87.3 Å². The fraction of sp³-hybridized carbons (Fsp3) is 0.105. The Morgan fingerprint density at radius 2 is 1.57 bits per heavy atom. The van der Waals surface area contributed by atoms with Crippen LogP contribution in [0.3, 0.4) is 0 Å². The fourth-order valence-corrected chi connectivity index (χ4v) is 4.01. The summed E-state index contributed by atoms with van der Waals surface area (Å²) < 4.78 is 51.4. The lowest BCUT2D eigenvalue weighted by molar-refractivity contribution is 0.598. The molecule has 0 saturated carbocycles. The molecule has 1 aromatic heterocycles. The second-order valence-electron chi connectivity index (χ2n) is 6.10. The topological polar surface area (TPSA) is 62.8 Å². The molecule has 0 spiro atoms. The van der Waals surface area contributed by atoms with Crippen molar-refractivity contribution in [3.63, 3.8) is 0 Å². The molecule has 0 amide bonds. The van der Waals surface area contributed by atoms with Gasteiger partial charge in [0.15, 0.2) is 14.9 Å². The van der Waals surface area contributed by atoms with Gasteiger partial charge >= 0.3 is 0 Å². The van der Waals surface area contributed by atoms with E-state index in [4.69, 9.17) is 23.2 Å². The summed E-state index contributed by atoms with van der Waals surface area (Å²) in [6, 6.07) is 8.14. The maximum Gasteiger partial charge on any atom is 0.194 e. The minimum absolute atomic E-state index is 0.116. The molecule has 0 atom stereocenters. The van der Waals surface area contributed by atoms with Crippen molar-refractivity contribution >= 4 is 39.1 Å². The molecule has 0 radical (unpaired) electrons. The Bertz CT molecular complexity index is 1130. The molecule has 0 bridgehead atoms. The molecule has 0 aliphatic heterocycles. The number of aromatic nitrogens is 2. The number of sulfone groups is 1. The van der Waals surface area contributed by atoms with Gasteiger partial charge in [-0.3, -0.25) is 0 Å². The second kappa shape index (κ2) is 7.66. The number of nitrogens with zero attached hydrogens (tertiary/aromatic N) is 1. The van der Waals surface area contributed by atoms with Crippen molar-refractivity contribution in [2.45, 2.75) is 10.9 Å². The van der Waals surface area contributed by atoms with E-state index >= 15 is 0 Å². The van der Waals surface area contributed by atoms with Crippen molar-refractivity contribution in [1.29, 1.82) is 0 Å². The van der Waals surface area contributed by atoms with Crippen LogP contribution in [0.1, 0.15) is 28.6 Å². The Morgan fingerprint density at radius 1 is 1.07 bits per heavy atom. The van der Waals surface area contributed by atoms with Gasteiger partial charge in [0, 0.05) is 6.26 Å². The van der Waals surface area contributed by atoms with Crippen molar-refractivity contribution in [2.24, 2.45) is 0 Å². The summed E-state index contributed by atoms with van der Waals surface area (Å²) in [6.45, 7) is 3.60. The number of nitrogens with one attached hydrogen (secondary N) is 1. The van der Waals surface area contributed by atoms with Gasteiger partial charge in [0.05, 0.1) is 21.7 Å². The highest BCUT2D eigenvalue weighted by atomic mass is 35.5. The predicted octanol–water partition coefficient (Wildman–Crippen LogP) is 5.22. The summed E-state index contributed by atoms with van der Waals surface area (Å²) in [4.78, 5) is 7.14. The normalized spacial score (nSPS) is 11.8. The lowest BCUT2D eigenvalue weighted by Gasteiger charge is -2.17. The molecular weight excluding hydrogens is 429 g/mol. The van der Waals surface area contributed by atoms with Gasteiger partial charge in [0.1, 0.15) is 17.5 Å². The molecule has 3 rings (SSSR count). The number of imidazole rings is 1. The average Bonchev–Trinajstić information content (AvgIpc) is 3.06. The molecule has 4 nitrogen and oxygen atoms in total. The van der Waals surface area contributed by atoms with Crippen LogP contribution in [0.5, 0.6) is 0 Å². The van der Waals surface area contributed by atoms with Crippen molar-refractivity contribution < 1.29 is 17.2 Å². The van der Waals surface area contributed by atoms with E-state index in [2.05, 4.69) is 16.5 Å². The van der Waals surface area contributed by atoms with Gasteiger partial charge < -0.3 is 4.98 Å². The first-order chi connectivity index (χ1) is 13.1. The van der Waals surface area contributed by atoms with E-state index in [0.29, 0.717) is 11.1 Å². The van der Waals surface area contributed by atoms with Gasteiger partial charge in [0.2, 0.25) is 0 Å². The van der Waals surface area contributed by atoms with E-state index in [0.717, 1.165) is 6.26 Å². The van der Waals surface area contributed by atoms with Crippen LogP contribution in [0.2, 0.25) is 10.0 Å². The Hall–Kier alpha value is -2.22. The lowest BCUT2D eigenvalue weighted by atomic mass is 9.90. The first kappa shape index (κ1) is 20.5. The maximum absolute atomic E-state index is 13.6. The van der Waals surface area contributed by atoms with Crippen LogP contribution in [0.15, 0.2) is 48.0 Å². The summed E-state index contributed by atoms with van der Waals surface area (Å²) in [5.74, 6) is -1.68. The molecule has 0 unspecified atom stereocenters. The summed E-state index contributed by atoms with van der Waals surface area (Å²) in [5.41, 5.74) is 1.24. The molecule has 9 heteroatoms. The van der Waals surface area contributed by atoms with E-state index in [1.807, 2.05) is 0 Å². The summed E-state index contributed by atoms with van der Waals surface area (Å²) >= 11 is 11.8. The zero-order valence-corrected chi connectivity index (χ0v) is 16.8. The van der Waals surface area contributed by atoms with Crippen molar-refractivity contribution in [3.8, 4) is 0 Å². The molecule has 2 aromatic carbocycles. The second-order valence-corrected chi connectivity index (χ2v) is 8.84. The summed E-state index contributed by atoms with van der Waals surface area (Å²) in [7, 11) is -3.64. The number of rotatable bonds is 5. The summed E-state index contributed by atoms with van der Waals surface area (Å²) in [6.07, 6.45) is 2.36. The number of H-pyrrole nitrogens is 1. The minimum atomic E-state index is -3.64. The Balaban J connectivity index is 2.27. The quantitative estimate of drug-likeness (QED) is 0.588.